The minimum atomic E-state index is -1.06. The van der Waals surface area contributed by atoms with E-state index in [0.717, 1.165) is 12.1 Å². The molecule has 2 amide bonds. The molecule has 1 unspecified atom stereocenters. The summed E-state index contributed by atoms with van der Waals surface area (Å²) < 4.78 is 37.4. The lowest BCUT2D eigenvalue weighted by Gasteiger charge is -2.17. The Hall–Kier alpha value is -3.82. The number of methoxy groups -OCH3 is 1. The summed E-state index contributed by atoms with van der Waals surface area (Å²) in [7, 11) is 1.46. The molecule has 1 fully saturated rings. The molecule has 8 nitrogen and oxygen atoms in total. The largest absolute Gasteiger partial charge is 0.495 e. The molecule has 1 aliphatic rings. The van der Waals surface area contributed by atoms with Crippen LogP contribution in [0.5, 0.6) is 5.75 Å². The third-order valence-corrected chi connectivity index (χ3v) is 4.94. The number of hydrogen-bond donors (Lipinski definition) is 1. The van der Waals surface area contributed by atoms with Crippen molar-refractivity contribution < 1.29 is 27.5 Å². The van der Waals surface area contributed by atoms with Gasteiger partial charge in [0.1, 0.15) is 5.75 Å². The third kappa shape index (κ3) is 4.09. The highest BCUT2D eigenvalue weighted by Gasteiger charge is 2.35. The Morgan fingerprint density at radius 2 is 2.00 bits per heavy atom. The van der Waals surface area contributed by atoms with Gasteiger partial charge in [0.25, 0.3) is 0 Å². The monoisotopic (exact) mass is 428 g/mol. The van der Waals surface area contributed by atoms with Crippen molar-refractivity contribution in [3.8, 4) is 17.2 Å². The van der Waals surface area contributed by atoms with Gasteiger partial charge in [-0.1, -0.05) is 0 Å². The first-order chi connectivity index (χ1) is 14.9. The molecule has 10 heteroatoms. The fourth-order valence-corrected chi connectivity index (χ4v) is 3.37. The van der Waals surface area contributed by atoms with E-state index in [0.29, 0.717) is 22.9 Å². The SMILES string of the molecule is COc1ccc(-c2nnc(C)o2)cc1NC(=O)C1CC(=O)N(c2ccc(F)c(F)c2)C1. The second-order valence-electron chi connectivity index (χ2n) is 7.03. The van der Waals surface area contributed by atoms with Crippen LogP contribution in [0.1, 0.15) is 12.3 Å². The molecule has 4 rings (SSSR count). The Bertz CT molecular complexity index is 1160. The first kappa shape index (κ1) is 20.5. The number of ether oxygens (including phenoxy) is 1. The maximum absolute atomic E-state index is 13.5. The molecule has 1 aliphatic heterocycles. The van der Waals surface area contributed by atoms with E-state index in [2.05, 4.69) is 15.5 Å². The minimum absolute atomic E-state index is 0.0423. The van der Waals surface area contributed by atoms with E-state index in [1.54, 1.807) is 25.1 Å². The van der Waals surface area contributed by atoms with Crippen molar-refractivity contribution in [1.29, 1.82) is 0 Å². The fraction of sp³-hybridized carbons (Fsp3) is 0.238. The number of anilines is 2. The van der Waals surface area contributed by atoms with E-state index in [1.807, 2.05) is 0 Å². The molecule has 1 N–H and O–H groups in total. The van der Waals surface area contributed by atoms with Gasteiger partial charge in [0, 0.05) is 37.2 Å². The highest BCUT2D eigenvalue weighted by Crippen LogP contribution is 2.32. The molecule has 0 spiro atoms. The van der Waals surface area contributed by atoms with E-state index in [1.165, 1.54) is 18.1 Å². The molecule has 1 saturated heterocycles. The number of aryl methyl sites for hydroxylation is 1. The minimum Gasteiger partial charge on any atom is -0.495 e. The maximum atomic E-state index is 13.5. The Morgan fingerprint density at radius 1 is 1.19 bits per heavy atom. The van der Waals surface area contributed by atoms with Crippen molar-refractivity contribution in [3.63, 3.8) is 0 Å². The van der Waals surface area contributed by atoms with Gasteiger partial charge in [0.05, 0.1) is 18.7 Å². The van der Waals surface area contributed by atoms with Gasteiger partial charge in [0.15, 0.2) is 11.6 Å². The summed E-state index contributed by atoms with van der Waals surface area (Å²) in [4.78, 5) is 26.5. The molecular weight excluding hydrogens is 410 g/mol. The van der Waals surface area contributed by atoms with Crippen molar-refractivity contribution in [2.45, 2.75) is 13.3 Å². The number of halogens is 2. The molecular formula is C21H18F2N4O4. The van der Waals surface area contributed by atoms with Crippen LogP contribution in [-0.2, 0) is 9.59 Å². The number of carbonyl (C=O) groups excluding carboxylic acids is 2. The summed E-state index contributed by atoms with van der Waals surface area (Å²) in [6.45, 7) is 1.71. The number of benzene rings is 2. The molecule has 1 aromatic heterocycles. The zero-order chi connectivity index (χ0) is 22.1. The predicted octanol–water partition coefficient (Wildman–Crippen LogP) is 3.32. The van der Waals surface area contributed by atoms with Crippen molar-refractivity contribution >= 4 is 23.2 Å². The molecule has 1 atom stereocenters. The lowest BCUT2D eigenvalue weighted by molar-refractivity contribution is -0.122. The van der Waals surface area contributed by atoms with E-state index < -0.39 is 23.5 Å². The summed E-state index contributed by atoms with van der Waals surface area (Å²) in [6.07, 6.45) is -0.0598. The van der Waals surface area contributed by atoms with Gasteiger partial charge >= 0.3 is 0 Å². The number of rotatable bonds is 5. The standard InChI is InChI=1S/C21H18F2N4O4/c1-11-25-26-21(31-11)12-3-6-18(30-2)17(7-12)24-20(29)13-8-19(28)27(10-13)14-4-5-15(22)16(23)9-14/h3-7,9,13H,8,10H2,1-2H3,(H,24,29). The van der Waals surface area contributed by atoms with Crippen LogP contribution < -0.4 is 15.0 Å². The molecule has 2 heterocycles. The second-order valence-corrected chi connectivity index (χ2v) is 7.03. The third-order valence-electron chi connectivity index (χ3n) is 4.94. The van der Waals surface area contributed by atoms with Gasteiger partial charge in [-0.3, -0.25) is 9.59 Å². The smallest absolute Gasteiger partial charge is 0.247 e. The van der Waals surface area contributed by atoms with E-state index in [-0.39, 0.29) is 30.5 Å². The number of nitrogens with zero attached hydrogens (tertiary/aromatic N) is 3. The average molecular weight is 428 g/mol. The zero-order valence-corrected chi connectivity index (χ0v) is 16.7. The van der Waals surface area contributed by atoms with Gasteiger partial charge < -0.3 is 19.4 Å². The van der Waals surface area contributed by atoms with E-state index >= 15 is 0 Å². The van der Waals surface area contributed by atoms with Gasteiger partial charge in [0.2, 0.25) is 23.6 Å². The van der Waals surface area contributed by atoms with Crippen LogP contribution in [0.2, 0.25) is 0 Å². The van der Waals surface area contributed by atoms with Crippen LogP contribution in [0.25, 0.3) is 11.5 Å². The summed E-state index contributed by atoms with van der Waals surface area (Å²) in [5.41, 5.74) is 1.16. The summed E-state index contributed by atoms with van der Waals surface area (Å²) in [5, 5.41) is 10.5. The van der Waals surface area contributed by atoms with Crippen LogP contribution in [0.3, 0.4) is 0 Å². The first-order valence-electron chi connectivity index (χ1n) is 9.40. The topological polar surface area (TPSA) is 97.6 Å². The highest BCUT2D eigenvalue weighted by atomic mass is 19.2. The molecule has 3 aromatic rings. The number of amides is 2. The summed E-state index contributed by atoms with van der Waals surface area (Å²) in [5.74, 6) is -2.41. The summed E-state index contributed by atoms with van der Waals surface area (Å²) >= 11 is 0. The van der Waals surface area contributed by atoms with Gasteiger partial charge in [-0.25, -0.2) is 8.78 Å². The number of aromatic nitrogens is 2. The molecule has 0 aliphatic carbocycles. The lowest BCUT2D eigenvalue weighted by Crippen LogP contribution is -2.28. The van der Waals surface area contributed by atoms with Gasteiger partial charge in [-0.05, 0) is 30.3 Å². The molecule has 31 heavy (non-hydrogen) atoms. The van der Waals surface area contributed by atoms with Crippen LogP contribution in [0, 0.1) is 24.5 Å². The van der Waals surface area contributed by atoms with E-state index in [4.69, 9.17) is 9.15 Å². The van der Waals surface area contributed by atoms with Crippen molar-refractivity contribution in [2.75, 3.05) is 23.9 Å². The predicted molar refractivity (Wildman–Crippen MR) is 106 cm³/mol. The van der Waals surface area contributed by atoms with Crippen LogP contribution in [0.15, 0.2) is 40.8 Å². The molecule has 0 radical (unpaired) electrons. The number of carbonyl (C=O) groups is 2. The number of hydrogen-bond acceptors (Lipinski definition) is 6. The summed E-state index contributed by atoms with van der Waals surface area (Å²) in [6, 6.07) is 8.18. The quantitative estimate of drug-likeness (QED) is 0.670. The van der Waals surface area contributed by atoms with Crippen LogP contribution in [-0.4, -0.2) is 35.7 Å². The Morgan fingerprint density at radius 3 is 2.68 bits per heavy atom. The first-order valence-corrected chi connectivity index (χ1v) is 9.40. The molecule has 160 valence electrons. The Labute approximate surface area is 175 Å². The second kappa shape index (κ2) is 8.13. The van der Waals surface area contributed by atoms with Gasteiger partial charge in [-0.2, -0.15) is 0 Å². The van der Waals surface area contributed by atoms with E-state index in [9.17, 15) is 18.4 Å². The number of nitrogens with one attached hydrogen (secondary N) is 1. The van der Waals surface area contributed by atoms with Crippen molar-refractivity contribution in [2.24, 2.45) is 5.92 Å². The van der Waals surface area contributed by atoms with Crippen LogP contribution in [0.4, 0.5) is 20.2 Å². The fourth-order valence-electron chi connectivity index (χ4n) is 3.37. The van der Waals surface area contributed by atoms with Crippen molar-refractivity contribution in [3.05, 3.63) is 53.9 Å². The van der Waals surface area contributed by atoms with Crippen molar-refractivity contribution in [1.82, 2.24) is 10.2 Å². The van der Waals surface area contributed by atoms with Crippen LogP contribution >= 0.6 is 0 Å². The Balaban J connectivity index is 1.53. The zero-order valence-electron chi connectivity index (χ0n) is 16.7. The maximum Gasteiger partial charge on any atom is 0.247 e. The average Bonchev–Trinajstić information content (AvgIpc) is 3.36. The normalized spacial score (nSPS) is 15.9. The molecule has 2 aromatic carbocycles. The Kier molecular flexibility index (Phi) is 5.37. The van der Waals surface area contributed by atoms with Gasteiger partial charge in [-0.15, -0.1) is 10.2 Å². The molecule has 0 saturated carbocycles. The molecule has 0 bridgehead atoms. The highest BCUT2D eigenvalue weighted by molar-refractivity contribution is 6.04. The lowest BCUT2D eigenvalue weighted by atomic mass is 10.1.